The van der Waals surface area contributed by atoms with Crippen molar-refractivity contribution >= 4 is 22.5 Å². The number of amides is 1. The van der Waals surface area contributed by atoms with Gasteiger partial charge in [-0.1, -0.05) is 13.8 Å². The minimum absolute atomic E-state index is 0.0599. The number of carbonyl (C=O) groups is 1. The van der Waals surface area contributed by atoms with Crippen LogP contribution >= 0.6 is 0 Å². The van der Waals surface area contributed by atoms with Crippen LogP contribution in [-0.2, 0) is 9.53 Å². The maximum absolute atomic E-state index is 13.0. The molecule has 6 heteroatoms. The van der Waals surface area contributed by atoms with Crippen molar-refractivity contribution in [3.05, 3.63) is 47.8 Å². The number of aryl methyl sites for hydroxylation is 1. The average Bonchev–Trinajstić information content (AvgIpc) is 3.28. The standard InChI is InChI=1S/C25H32N4O2/c1-16(2)23-20-15-19(29-11-9-22(25(29)30)31-13-12-28(4)5)6-7-21(20)27-24(23)18-8-10-26-17(3)14-18/h6-8,10,14-16,22,27H,9,11-13H2,1-5H3. The van der Waals surface area contributed by atoms with Crippen molar-refractivity contribution in [3.63, 3.8) is 0 Å². The zero-order valence-corrected chi connectivity index (χ0v) is 19.1. The fraction of sp³-hybridized carbons (Fsp3) is 0.440. The topological polar surface area (TPSA) is 61.5 Å². The van der Waals surface area contributed by atoms with Gasteiger partial charge >= 0.3 is 0 Å². The Kier molecular flexibility index (Phi) is 6.12. The number of ether oxygens (including phenoxy) is 1. The normalized spacial score (nSPS) is 16.9. The summed E-state index contributed by atoms with van der Waals surface area (Å²) in [7, 11) is 4.01. The highest BCUT2D eigenvalue weighted by Crippen LogP contribution is 2.38. The maximum Gasteiger partial charge on any atom is 0.256 e. The number of likely N-dealkylation sites (N-methyl/N-ethyl adjacent to an activating group) is 1. The molecule has 31 heavy (non-hydrogen) atoms. The Hall–Kier alpha value is -2.70. The number of nitrogens with zero attached hydrogens (tertiary/aromatic N) is 3. The van der Waals surface area contributed by atoms with Gasteiger partial charge in [0.15, 0.2) is 0 Å². The first kappa shape index (κ1) is 21.5. The number of aromatic amines is 1. The van der Waals surface area contributed by atoms with Gasteiger partial charge < -0.3 is 19.5 Å². The lowest BCUT2D eigenvalue weighted by Gasteiger charge is -2.18. The zero-order valence-electron chi connectivity index (χ0n) is 19.1. The smallest absolute Gasteiger partial charge is 0.256 e. The first-order valence-corrected chi connectivity index (χ1v) is 11.0. The second kappa shape index (κ2) is 8.81. The molecule has 1 N–H and O–H groups in total. The van der Waals surface area contributed by atoms with Crippen molar-refractivity contribution in [2.45, 2.75) is 39.2 Å². The van der Waals surface area contributed by atoms with Crippen LogP contribution in [0, 0.1) is 6.92 Å². The molecule has 1 aliphatic heterocycles. The van der Waals surface area contributed by atoms with Gasteiger partial charge in [-0.3, -0.25) is 9.78 Å². The van der Waals surface area contributed by atoms with Crippen LogP contribution in [-0.4, -0.2) is 60.7 Å². The summed E-state index contributed by atoms with van der Waals surface area (Å²) < 4.78 is 5.86. The van der Waals surface area contributed by atoms with E-state index in [4.69, 9.17) is 4.74 Å². The van der Waals surface area contributed by atoms with E-state index in [0.29, 0.717) is 19.1 Å². The number of pyridine rings is 1. The van der Waals surface area contributed by atoms with Crippen LogP contribution < -0.4 is 4.90 Å². The minimum Gasteiger partial charge on any atom is -0.367 e. The Morgan fingerprint density at radius 2 is 2.06 bits per heavy atom. The van der Waals surface area contributed by atoms with Crippen LogP contribution in [0.2, 0.25) is 0 Å². The lowest BCUT2D eigenvalue weighted by Crippen LogP contribution is -2.32. The molecule has 0 saturated carbocycles. The van der Waals surface area contributed by atoms with Gasteiger partial charge in [0.2, 0.25) is 0 Å². The van der Waals surface area contributed by atoms with Crippen molar-refractivity contribution in [2.75, 3.05) is 38.7 Å². The molecular formula is C25H32N4O2. The summed E-state index contributed by atoms with van der Waals surface area (Å²) in [4.78, 5) is 24.8. The molecule has 0 spiro atoms. The summed E-state index contributed by atoms with van der Waals surface area (Å²) in [6.07, 6.45) is 2.24. The molecule has 164 valence electrons. The van der Waals surface area contributed by atoms with Gasteiger partial charge in [-0.15, -0.1) is 0 Å². The third-order valence-corrected chi connectivity index (χ3v) is 5.91. The van der Waals surface area contributed by atoms with Crippen molar-refractivity contribution in [2.24, 2.45) is 0 Å². The van der Waals surface area contributed by atoms with Gasteiger partial charge in [0.05, 0.1) is 12.3 Å². The van der Waals surface area contributed by atoms with Crippen LogP contribution in [0.1, 0.15) is 37.4 Å². The van der Waals surface area contributed by atoms with Gasteiger partial charge in [-0.2, -0.15) is 0 Å². The molecule has 1 saturated heterocycles. The second-order valence-corrected chi connectivity index (χ2v) is 8.93. The van der Waals surface area contributed by atoms with Crippen molar-refractivity contribution in [1.29, 1.82) is 0 Å². The largest absolute Gasteiger partial charge is 0.367 e. The number of hydrogen-bond donors (Lipinski definition) is 1. The van der Waals surface area contributed by atoms with E-state index in [9.17, 15) is 4.79 Å². The number of carbonyl (C=O) groups excluding carboxylic acids is 1. The van der Waals surface area contributed by atoms with Gasteiger partial charge in [-0.25, -0.2) is 0 Å². The highest BCUT2D eigenvalue weighted by atomic mass is 16.5. The monoisotopic (exact) mass is 420 g/mol. The third-order valence-electron chi connectivity index (χ3n) is 5.91. The highest BCUT2D eigenvalue weighted by Gasteiger charge is 2.33. The molecule has 1 fully saturated rings. The van der Waals surface area contributed by atoms with Crippen LogP contribution in [0.25, 0.3) is 22.2 Å². The second-order valence-electron chi connectivity index (χ2n) is 8.93. The highest BCUT2D eigenvalue weighted by molar-refractivity contribution is 6.01. The van der Waals surface area contributed by atoms with Crippen molar-refractivity contribution < 1.29 is 9.53 Å². The van der Waals surface area contributed by atoms with Crippen LogP contribution in [0.3, 0.4) is 0 Å². The molecule has 4 rings (SSSR count). The summed E-state index contributed by atoms with van der Waals surface area (Å²) in [6, 6.07) is 10.4. The Balaban J connectivity index is 1.65. The molecule has 1 aliphatic rings. The number of anilines is 1. The first-order valence-electron chi connectivity index (χ1n) is 11.0. The Labute approximate surface area is 184 Å². The van der Waals surface area contributed by atoms with E-state index in [0.717, 1.165) is 41.1 Å². The Morgan fingerprint density at radius 3 is 2.77 bits per heavy atom. The summed E-state index contributed by atoms with van der Waals surface area (Å²) in [5.41, 5.74) is 6.56. The van der Waals surface area contributed by atoms with E-state index in [-0.39, 0.29) is 12.0 Å². The number of rotatable bonds is 7. The van der Waals surface area contributed by atoms with Crippen LogP contribution in [0.15, 0.2) is 36.5 Å². The van der Waals surface area contributed by atoms with E-state index < -0.39 is 0 Å². The number of nitrogens with one attached hydrogen (secondary N) is 1. The molecular weight excluding hydrogens is 388 g/mol. The van der Waals surface area contributed by atoms with Gasteiger partial charge in [-0.05, 0) is 62.8 Å². The molecule has 0 radical (unpaired) electrons. The molecule has 0 bridgehead atoms. The quantitative estimate of drug-likeness (QED) is 0.617. The molecule has 1 unspecified atom stereocenters. The predicted octanol–water partition coefficient (Wildman–Crippen LogP) is 4.35. The zero-order chi connectivity index (χ0) is 22.1. The van der Waals surface area contributed by atoms with Crippen LogP contribution in [0.5, 0.6) is 0 Å². The summed E-state index contributed by atoms with van der Waals surface area (Å²) >= 11 is 0. The molecule has 1 atom stereocenters. The summed E-state index contributed by atoms with van der Waals surface area (Å²) in [5, 5.41) is 1.17. The lowest BCUT2D eigenvalue weighted by atomic mass is 9.96. The summed E-state index contributed by atoms with van der Waals surface area (Å²) in [6.45, 7) is 8.50. The molecule has 2 aromatic heterocycles. The van der Waals surface area contributed by atoms with Gasteiger partial charge in [0, 0.05) is 53.6 Å². The lowest BCUT2D eigenvalue weighted by molar-refractivity contribution is -0.127. The maximum atomic E-state index is 13.0. The van der Waals surface area contributed by atoms with E-state index >= 15 is 0 Å². The Bertz CT molecular complexity index is 1090. The molecule has 0 aliphatic carbocycles. The number of benzene rings is 1. The number of fused-ring (bicyclic) bond motifs is 1. The molecule has 6 nitrogen and oxygen atoms in total. The van der Waals surface area contributed by atoms with Gasteiger partial charge in [0.1, 0.15) is 6.10 Å². The molecule has 3 aromatic rings. The molecule has 1 aromatic carbocycles. The number of H-pyrrole nitrogens is 1. The fourth-order valence-corrected chi connectivity index (χ4v) is 4.34. The molecule has 3 heterocycles. The van der Waals surface area contributed by atoms with E-state index in [1.807, 2.05) is 44.2 Å². The number of hydrogen-bond acceptors (Lipinski definition) is 4. The molecule has 1 amide bonds. The number of aromatic nitrogens is 2. The third kappa shape index (κ3) is 4.36. The van der Waals surface area contributed by atoms with Crippen LogP contribution in [0.4, 0.5) is 5.69 Å². The summed E-state index contributed by atoms with van der Waals surface area (Å²) in [5.74, 6) is 0.397. The Morgan fingerprint density at radius 1 is 1.26 bits per heavy atom. The minimum atomic E-state index is -0.346. The SMILES string of the molecule is Cc1cc(-c2[nH]c3ccc(N4CCC(OCCN(C)C)C4=O)cc3c2C(C)C)ccn1. The van der Waals surface area contributed by atoms with Gasteiger partial charge in [0.25, 0.3) is 5.91 Å². The van der Waals surface area contributed by atoms with E-state index in [1.54, 1.807) is 0 Å². The van der Waals surface area contributed by atoms with Crippen molar-refractivity contribution in [1.82, 2.24) is 14.9 Å². The fourth-order valence-electron chi connectivity index (χ4n) is 4.34. The predicted molar refractivity (Wildman–Crippen MR) is 126 cm³/mol. The first-order chi connectivity index (χ1) is 14.8. The van der Waals surface area contributed by atoms with E-state index in [1.165, 1.54) is 10.9 Å². The van der Waals surface area contributed by atoms with E-state index in [2.05, 4.69) is 46.9 Å². The van der Waals surface area contributed by atoms with Crippen molar-refractivity contribution in [3.8, 4) is 11.3 Å². The average molecular weight is 421 g/mol.